The normalized spacial score (nSPS) is 11.9. The molecule has 5 nitrogen and oxygen atoms in total. The third kappa shape index (κ3) is 5.16. The minimum Gasteiger partial charge on any atom is -0.397 e. The zero-order chi connectivity index (χ0) is 19.9. The van der Waals surface area contributed by atoms with Crippen LogP contribution in [0.25, 0.3) is 5.70 Å². The van der Waals surface area contributed by atoms with Crippen molar-refractivity contribution >= 4 is 41.0 Å². The number of allylic oxidation sites excluding steroid dienone is 1. The van der Waals surface area contributed by atoms with E-state index in [0.717, 1.165) is 11.1 Å². The molecule has 0 spiro atoms. The molecular weight excluding hydrogens is 397 g/mol. The second kappa shape index (κ2) is 9.13. The molecule has 3 aromatic rings. The van der Waals surface area contributed by atoms with E-state index >= 15 is 0 Å². The molecule has 0 aliphatic carbocycles. The van der Waals surface area contributed by atoms with Gasteiger partial charge in [-0.3, -0.25) is 9.98 Å². The molecule has 0 radical (unpaired) electrons. The van der Waals surface area contributed by atoms with Crippen LogP contribution in [0, 0.1) is 17.1 Å². The number of nitriles is 1. The number of aliphatic imine (C=N–C) groups is 1. The first-order chi connectivity index (χ1) is 13.5. The van der Waals surface area contributed by atoms with Gasteiger partial charge in [-0.15, -0.1) is 0 Å². The van der Waals surface area contributed by atoms with Crippen molar-refractivity contribution < 1.29 is 4.39 Å². The predicted octanol–water partition coefficient (Wildman–Crippen LogP) is 4.96. The maximum Gasteiger partial charge on any atom is 0.143 e. The number of nitrogens with zero attached hydrogens (tertiary/aromatic N) is 4. The van der Waals surface area contributed by atoms with Crippen LogP contribution < -0.4 is 5.73 Å². The van der Waals surface area contributed by atoms with Gasteiger partial charge in [-0.2, -0.15) is 5.26 Å². The molecule has 0 unspecified atom stereocenters. The zero-order valence-electron chi connectivity index (χ0n) is 14.4. The Morgan fingerprint density at radius 3 is 2.61 bits per heavy atom. The number of thioether (sulfide) groups is 1. The Bertz CT molecular complexity index is 1070. The SMILES string of the molecule is N#Cc1ccc(C(N)=C(C=Nc2cncc(F)c2)Sc2ccc(Cl)cc2)cn1. The summed E-state index contributed by atoms with van der Waals surface area (Å²) in [4.78, 5) is 13.6. The molecule has 0 saturated heterocycles. The number of halogens is 2. The second-order valence-electron chi connectivity index (χ2n) is 5.50. The maximum absolute atomic E-state index is 13.3. The largest absolute Gasteiger partial charge is 0.397 e. The monoisotopic (exact) mass is 409 g/mol. The minimum absolute atomic E-state index is 0.294. The Labute approximate surface area is 170 Å². The van der Waals surface area contributed by atoms with Crippen LogP contribution in [0.2, 0.25) is 5.02 Å². The van der Waals surface area contributed by atoms with E-state index in [4.69, 9.17) is 22.6 Å². The van der Waals surface area contributed by atoms with Crippen LogP contribution in [0.5, 0.6) is 0 Å². The van der Waals surface area contributed by atoms with Gasteiger partial charge in [0.15, 0.2) is 0 Å². The molecule has 0 amide bonds. The molecule has 0 atom stereocenters. The standard InChI is InChI=1S/C20H13ClFN5S/c21-14-2-5-18(6-3-14)28-19(12-27-17-7-15(22)10-25-11-17)20(24)13-1-4-16(8-23)26-9-13/h1-7,9-12H,24H2. The fourth-order valence-corrected chi connectivity index (χ4v) is 3.13. The first-order valence-corrected chi connectivity index (χ1v) is 9.19. The van der Waals surface area contributed by atoms with Gasteiger partial charge in [-0.05, 0) is 36.4 Å². The Kier molecular flexibility index (Phi) is 6.37. The van der Waals surface area contributed by atoms with Crippen molar-refractivity contribution in [3.05, 3.63) is 88.1 Å². The molecular formula is C20H13ClFN5S. The molecule has 28 heavy (non-hydrogen) atoms. The first-order valence-electron chi connectivity index (χ1n) is 7.99. The molecule has 2 N–H and O–H groups in total. The van der Waals surface area contributed by atoms with Crippen molar-refractivity contribution in [3.63, 3.8) is 0 Å². The molecule has 0 aliphatic rings. The Balaban J connectivity index is 1.99. The van der Waals surface area contributed by atoms with Crippen molar-refractivity contribution in [1.29, 1.82) is 5.26 Å². The summed E-state index contributed by atoms with van der Waals surface area (Å²) in [5, 5.41) is 9.52. The van der Waals surface area contributed by atoms with Gasteiger partial charge < -0.3 is 5.73 Å². The van der Waals surface area contributed by atoms with E-state index < -0.39 is 5.82 Å². The highest BCUT2D eigenvalue weighted by molar-refractivity contribution is 8.04. The van der Waals surface area contributed by atoms with Crippen LogP contribution >= 0.6 is 23.4 Å². The van der Waals surface area contributed by atoms with Crippen molar-refractivity contribution in [2.75, 3.05) is 0 Å². The quantitative estimate of drug-likeness (QED) is 0.475. The predicted molar refractivity (Wildman–Crippen MR) is 110 cm³/mol. The lowest BCUT2D eigenvalue weighted by Gasteiger charge is -2.08. The van der Waals surface area contributed by atoms with Gasteiger partial charge >= 0.3 is 0 Å². The molecule has 8 heteroatoms. The summed E-state index contributed by atoms with van der Waals surface area (Å²) in [6.45, 7) is 0. The van der Waals surface area contributed by atoms with E-state index in [1.165, 1.54) is 30.2 Å². The first kappa shape index (κ1) is 19.5. The average molecular weight is 410 g/mol. The van der Waals surface area contributed by atoms with Crippen LogP contribution in [0.15, 0.2) is 75.8 Å². The number of rotatable bonds is 5. The molecule has 0 bridgehead atoms. The van der Waals surface area contributed by atoms with Crippen LogP contribution in [-0.4, -0.2) is 16.2 Å². The Hall–Kier alpha value is -3.21. The van der Waals surface area contributed by atoms with Crippen molar-refractivity contribution in [2.45, 2.75) is 4.90 Å². The highest BCUT2D eigenvalue weighted by atomic mass is 35.5. The number of aromatic nitrogens is 2. The lowest BCUT2D eigenvalue weighted by molar-refractivity contribution is 0.622. The van der Waals surface area contributed by atoms with Crippen molar-refractivity contribution in [1.82, 2.24) is 9.97 Å². The topological polar surface area (TPSA) is 88.0 Å². The minimum atomic E-state index is -0.477. The molecule has 0 saturated carbocycles. The van der Waals surface area contributed by atoms with Gasteiger partial charge in [0.25, 0.3) is 0 Å². The fourth-order valence-electron chi connectivity index (χ4n) is 2.15. The summed E-state index contributed by atoms with van der Waals surface area (Å²) >= 11 is 7.32. The molecule has 0 fully saturated rings. The number of hydrogen-bond donors (Lipinski definition) is 1. The molecule has 2 aromatic heterocycles. The third-order valence-corrected chi connectivity index (χ3v) is 4.82. The lowest BCUT2D eigenvalue weighted by Crippen LogP contribution is -2.02. The van der Waals surface area contributed by atoms with Gasteiger partial charge in [0.05, 0.1) is 28.7 Å². The molecule has 1 aromatic carbocycles. The van der Waals surface area contributed by atoms with Gasteiger partial charge in [-0.25, -0.2) is 9.37 Å². The Morgan fingerprint density at radius 1 is 1.18 bits per heavy atom. The van der Waals surface area contributed by atoms with Crippen LogP contribution in [0.4, 0.5) is 10.1 Å². The van der Waals surface area contributed by atoms with E-state index in [1.54, 1.807) is 30.5 Å². The highest BCUT2D eigenvalue weighted by Gasteiger charge is 2.08. The number of pyridine rings is 2. The lowest BCUT2D eigenvalue weighted by atomic mass is 10.2. The van der Waals surface area contributed by atoms with E-state index in [-0.39, 0.29) is 0 Å². The van der Waals surface area contributed by atoms with Crippen molar-refractivity contribution in [3.8, 4) is 6.07 Å². The Morgan fingerprint density at radius 2 is 1.96 bits per heavy atom. The number of nitrogens with two attached hydrogens (primary N) is 1. The third-order valence-electron chi connectivity index (χ3n) is 3.52. The smallest absolute Gasteiger partial charge is 0.143 e. The number of benzene rings is 1. The van der Waals surface area contributed by atoms with Crippen LogP contribution in [0.1, 0.15) is 11.3 Å². The number of hydrogen-bond acceptors (Lipinski definition) is 6. The van der Waals surface area contributed by atoms with Crippen LogP contribution in [0.3, 0.4) is 0 Å². The van der Waals surface area contributed by atoms with E-state index in [9.17, 15) is 4.39 Å². The van der Waals surface area contributed by atoms with E-state index in [0.29, 0.717) is 32.6 Å². The maximum atomic E-state index is 13.3. The average Bonchev–Trinajstić information content (AvgIpc) is 2.72. The summed E-state index contributed by atoms with van der Waals surface area (Å²) < 4.78 is 13.3. The molecule has 0 aliphatic heterocycles. The van der Waals surface area contributed by atoms with Gasteiger partial charge in [0.1, 0.15) is 17.6 Å². The summed E-state index contributed by atoms with van der Waals surface area (Å²) in [6, 6.07) is 13.8. The highest BCUT2D eigenvalue weighted by Crippen LogP contribution is 2.31. The summed E-state index contributed by atoms with van der Waals surface area (Å²) in [5.41, 5.74) is 8.05. The van der Waals surface area contributed by atoms with Crippen molar-refractivity contribution in [2.24, 2.45) is 10.7 Å². The summed E-state index contributed by atoms with van der Waals surface area (Å²) in [6.07, 6.45) is 5.62. The fraction of sp³-hybridized carbons (Fsp3) is 0. The van der Waals surface area contributed by atoms with Gasteiger partial charge in [0.2, 0.25) is 0 Å². The van der Waals surface area contributed by atoms with Crippen LogP contribution in [-0.2, 0) is 0 Å². The van der Waals surface area contributed by atoms with Gasteiger partial charge in [-0.1, -0.05) is 23.4 Å². The summed E-state index contributed by atoms with van der Waals surface area (Å²) in [7, 11) is 0. The van der Waals surface area contributed by atoms with E-state index in [2.05, 4.69) is 15.0 Å². The second-order valence-corrected chi connectivity index (χ2v) is 7.05. The summed E-state index contributed by atoms with van der Waals surface area (Å²) in [5.74, 6) is -0.477. The molecule has 3 rings (SSSR count). The molecule has 2 heterocycles. The van der Waals surface area contributed by atoms with E-state index in [1.807, 2.05) is 18.2 Å². The van der Waals surface area contributed by atoms with Gasteiger partial charge in [0, 0.05) is 34.0 Å². The zero-order valence-corrected chi connectivity index (χ0v) is 16.0. The molecule has 138 valence electrons.